The van der Waals surface area contributed by atoms with Crippen molar-refractivity contribution in [1.29, 1.82) is 0 Å². The Morgan fingerprint density at radius 2 is 2.14 bits per heavy atom. The first-order valence-electron chi connectivity index (χ1n) is 6.77. The van der Waals surface area contributed by atoms with E-state index < -0.39 is 0 Å². The van der Waals surface area contributed by atoms with Gasteiger partial charge in [-0.05, 0) is 35.0 Å². The Morgan fingerprint density at radius 1 is 1.33 bits per heavy atom. The zero-order valence-electron chi connectivity index (χ0n) is 11.6. The van der Waals surface area contributed by atoms with E-state index in [-0.39, 0.29) is 12.2 Å². The summed E-state index contributed by atoms with van der Waals surface area (Å²) in [6.07, 6.45) is 3.85. The topological polar surface area (TPSA) is 47.8 Å². The largest absolute Gasteiger partial charge is 0.335 e. The van der Waals surface area contributed by atoms with Crippen LogP contribution in [0.15, 0.2) is 47.2 Å². The molecular weight excluding hydrogens is 330 g/mol. The van der Waals surface area contributed by atoms with E-state index in [2.05, 4.69) is 25.9 Å². The monoisotopic (exact) mass is 343 g/mol. The van der Waals surface area contributed by atoms with Crippen molar-refractivity contribution in [2.45, 2.75) is 19.9 Å². The van der Waals surface area contributed by atoms with Crippen LogP contribution in [0.5, 0.6) is 0 Å². The van der Waals surface area contributed by atoms with Gasteiger partial charge in [0.2, 0.25) is 0 Å². The first kappa shape index (κ1) is 13.9. The molecule has 5 heteroatoms. The maximum atomic E-state index is 12.5. The molecular formula is C16H14BrN3O. The van der Waals surface area contributed by atoms with Crippen molar-refractivity contribution in [2.24, 2.45) is 0 Å². The molecule has 0 radical (unpaired) electrons. The van der Waals surface area contributed by atoms with E-state index in [4.69, 9.17) is 0 Å². The van der Waals surface area contributed by atoms with Crippen molar-refractivity contribution >= 4 is 32.6 Å². The fourth-order valence-corrected chi connectivity index (χ4v) is 2.86. The van der Waals surface area contributed by atoms with Crippen molar-refractivity contribution in [3.8, 4) is 0 Å². The summed E-state index contributed by atoms with van der Waals surface area (Å²) in [5.41, 5.74) is 1.28. The second-order valence-corrected chi connectivity index (χ2v) is 5.60. The predicted octanol–water partition coefficient (Wildman–Crippen LogP) is 3.64. The summed E-state index contributed by atoms with van der Waals surface area (Å²) in [7, 11) is 0. The number of nitrogens with zero attached hydrogens (tertiary/aromatic N) is 3. The van der Waals surface area contributed by atoms with Crippen LogP contribution in [0.3, 0.4) is 0 Å². The van der Waals surface area contributed by atoms with E-state index in [0.29, 0.717) is 5.69 Å². The second-order valence-electron chi connectivity index (χ2n) is 4.74. The average molecular weight is 344 g/mol. The summed E-state index contributed by atoms with van der Waals surface area (Å²) in [6, 6.07) is 9.69. The molecule has 3 aromatic rings. The highest BCUT2D eigenvalue weighted by Gasteiger charge is 2.16. The van der Waals surface area contributed by atoms with Crippen LogP contribution in [0.4, 0.5) is 0 Å². The van der Waals surface area contributed by atoms with E-state index in [0.717, 1.165) is 27.7 Å². The van der Waals surface area contributed by atoms with Crippen LogP contribution in [0.2, 0.25) is 0 Å². The molecule has 0 amide bonds. The van der Waals surface area contributed by atoms with E-state index in [1.54, 1.807) is 6.20 Å². The summed E-state index contributed by atoms with van der Waals surface area (Å²) in [4.78, 5) is 21.2. The first-order chi connectivity index (χ1) is 10.2. The van der Waals surface area contributed by atoms with E-state index in [1.165, 1.54) is 0 Å². The molecule has 0 N–H and O–H groups in total. The molecule has 0 aliphatic carbocycles. The number of Topliss-reactive ketones (excluding diaryl/α,β-unsaturated/α-hetero) is 1. The number of rotatable bonds is 4. The van der Waals surface area contributed by atoms with Gasteiger partial charge in [0.1, 0.15) is 11.5 Å². The third-order valence-electron chi connectivity index (χ3n) is 3.40. The van der Waals surface area contributed by atoms with Gasteiger partial charge in [0.05, 0.1) is 11.9 Å². The number of carbonyl (C=O) groups is 1. The third-order valence-corrected chi connectivity index (χ3v) is 4.01. The number of hydrogen-bond acceptors (Lipinski definition) is 3. The Bertz CT molecular complexity index is 810. The lowest BCUT2D eigenvalue weighted by molar-refractivity contribution is 0.0984. The van der Waals surface area contributed by atoms with Crippen LogP contribution in [0.1, 0.15) is 23.2 Å². The number of hydrogen-bond donors (Lipinski definition) is 0. The molecule has 1 aromatic carbocycles. The van der Waals surface area contributed by atoms with Crippen LogP contribution in [0.25, 0.3) is 10.9 Å². The number of para-hydroxylation sites is 1. The van der Waals surface area contributed by atoms with E-state index in [9.17, 15) is 4.79 Å². The molecule has 3 rings (SSSR count). The van der Waals surface area contributed by atoms with Gasteiger partial charge < -0.3 is 4.57 Å². The summed E-state index contributed by atoms with van der Waals surface area (Å²) in [5.74, 6) is 0.734. The van der Waals surface area contributed by atoms with Gasteiger partial charge in [0.15, 0.2) is 5.78 Å². The highest BCUT2D eigenvalue weighted by Crippen LogP contribution is 2.22. The number of aryl methyl sites for hydroxylation is 1. The van der Waals surface area contributed by atoms with Crippen LogP contribution >= 0.6 is 15.9 Å². The first-order valence-corrected chi connectivity index (χ1v) is 7.57. The molecule has 0 spiro atoms. The van der Waals surface area contributed by atoms with Crippen molar-refractivity contribution in [2.75, 3.05) is 0 Å². The molecule has 0 unspecified atom stereocenters. The average Bonchev–Trinajstić information content (AvgIpc) is 2.93. The van der Waals surface area contributed by atoms with Gasteiger partial charge in [-0.15, -0.1) is 0 Å². The Balaban J connectivity index is 1.96. The number of aromatic nitrogens is 3. The minimum atomic E-state index is -0.0338. The van der Waals surface area contributed by atoms with Gasteiger partial charge in [-0.2, -0.15) is 0 Å². The minimum absolute atomic E-state index is 0.0338. The van der Waals surface area contributed by atoms with Gasteiger partial charge in [0, 0.05) is 28.8 Å². The standard InChI is InChI=1S/C16H14BrN3O/c1-2-20-8-7-18-15(20)10-14(21)16-12(17)9-11-5-3-4-6-13(11)19-16/h3-9H,2,10H2,1H3. The molecule has 0 bridgehead atoms. The number of pyridine rings is 1. The Morgan fingerprint density at radius 3 is 2.95 bits per heavy atom. The molecule has 2 heterocycles. The Hall–Kier alpha value is -2.01. The van der Waals surface area contributed by atoms with Gasteiger partial charge >= 0.3 is 0 Å². The molecule has 0 atom stereocenters. The number of carbonyl (C=O) groups excluding carboxylic acids is 1. The van der Waals surface area contributed by atoms with Crippen molar-refractivity contribution in [3.63, 3.8) is 0 Å². The third kappa shape index (κ3) is 2.74. The number of benzene rings is 1. The Kier molecular flexibility index (Phi) is 3.84. The normalized spacial score (nSPS) is 11.0. The number of ketones is 1. The number of imidazole rings is 1. The van der Waals surface area contributed by atoms with Gasteiger partial charge in [-0.25, -0.2) is 9.97 Å². The fraction of sp³-hybridized carbons (Fsp3) is 0.188. The molecule has 0 saturated carbocycles. The lowest BCUT2D eigenvalue weighted by Crippen LogP contribution is -2.11. The molecule has 2 aromatic heterocycles. The smallest absolute Gasteiger partial charge is 0.189 e. The quantitative estimate of drug-likeness (QED) is 0.679. The highest BCUT2D eigenvalue weighted by atomic mass is 79.9. The van der Waals surface area contributed by atoms with Crippen LogP contribution < -0.4 is 0 Å². The summed E-state index contributed by atoms with van der Waals surface area (Å²) >= 11 is 3.45. The van der Waals surface area contributed by atoms with Gasteiger partial charge in [-0.3, -0.25) is 4.79 Å². The van der Waals surface area contributed by atoms with Crippen LogP contribution in [-0.4, -0.2) is 20.3 Å². The molecule has 21 heavy (non-hydrogen) atoms. The molecule has 4 nitrogen and oxygen atoms in total. The maximum Gasteiger partial charge on any atom is 0.189 e. The molecule has 106 valence electrons. The lowest BCUT2D eigenvalue weighted by atomic mass is 10.1. The van der Waals surface area contributed by atoms with E-state index >= 15 is 0 Å². The molecule has 0 saturated heterocycles. The zero-order chi connectivity index (χ0) is 14.8. The van der Waals surface area contributed by atoms with Crippen molar-refractivity contribution in [1.82, 2.24) is 14.5 Å². The highest BCUT2D eigenvalue weighted by molar-refractivity contribution is 9.10. The predicted molar refractivity (Wildman–Crippen MR) is 85.4 cm³/mol. The second kappa shape index (κ2) is 5.77. The zero-order valence-corrected chi connectivity index (χ0v) is 13.2. The summed E-state index contributed by atoms with van der Waals surface area (Å²) < 4.78 is 2.69. The van der Waals surface area contributed by atoms with Crippen molar-refractivity contribution in [3.05, 3.63) is 58.7 Å². The maximum absolute atomic E-state index is 12.5. The minimum Gasteiger partial charge on any atom is -0.335 e. The van der Waals surface area contributed by atoms with Gasteiger partial charge in [-0.1, -0.05) is 18.2 Å². The van der Waals surface area contributed by atoms with Crippen molar-refractivity contribution < 1.29 is 4.79 Å². The molecule has 0 fully saturated rings. The van der Waals surface area contributed by atoms with Gasteiger partial charge in [0.25, 0.3) is 0 Å². The fourth-order valence-electron chi connectivity index (χ4n) is 2.31. The lowest BCUT2D eigenvalue weighted by Gasteiger charge is -2.07. The summed E-state index contributed by atoms with van der Waals surface area (Å²) in [6.45, 7) is 2.83. The molecule has 0 aliphatic rings. The Labute approximate surface area is 131 Å². The molecule has 0 aliphatic heterocycles. The van der Waals surface area contributed by atoms with E-state index in [1.807, 2.05) is 48.0 Å². The van der Waals surface area contributed by atoms with Crippen LogP contribution in [0, 0.1) is 0 Å². The summed E-state index contributed by atoms with van der Waals surface area (Å²) in [5, 5.41) is 1.01. The number of halogens is 1. The SMILES string of the molecule is CCn1ccnc1CC(=O)c1nc2ccccc2cc1Br. The van der Waals surface area contributed by atoms with Crippen LogP contribution in [-0.2, 0) is 13.0 Å². The number of fused-ring (bicyclic) bond motifs is 1.